The third-order valence-electron chi connectivity index (χ3n) is 3.06. The molecular formula is C13H17NO4. The van der Waals surface area contributed by atoms with Crippen LogP contribution in [0.2, 0.25) is 0 Å². The van der Waals surface area contributed by atoms with Gasteiger partial charge in [-0.3, -0.25) is 4.90 Å². The topological polar surface area (TPSA) is 59.0 Å². The number of methoxy groups -OCH3 is 1. The van der Waals surface area contributed by atoms with Crippen molar-refractivity contribution in [2.75, 3.05) is 25.2 Å². The molecule has 0 bridgehead atoms. The fraction of sp³-hybridized carbons (Fsp3) is 0.462. The summed E-state index contributed by atoms with van der Waals surface area (Å²) >= 11 is 0. The highest BCUT2D eigenvalue weighted by Crippen LogP contribution is 2.35. The van der Waals surface area contributed by atoms with Crippen molar-refractivity contribution in [2.45, 2.75) is 18.9 Å². The second-order valence-electron chi connectivity index (χ2n) is 4.55. The van der Waals surface area contributed by atoms with Gasteiger partial charge in [-0.2, -0.15) is 0 Å². The molecule has 1 aliphatic rings. The maximum absolute atomic E-state index is 11.9. The largest absolute Gasteiger partial charge is 0.495 e. The number of cyclic esters (lactones) is 1. The van der Waals surface area contributed by atoms with Gasteiger partial charge >= 0.3 is 6.09 Å². The maximum atomic E-state index is 11.9. The molecule has 5 nitrogen and oxygen atoms in total. The molecular weight excluding hydrogens is 234 g/mol. The van der Waals surface area contributed by atoms with Crippen molar-refractivity contribution in [3.63, 3.8) is 0 Å². The number of aliphatic hydroxyl groups excluding tert-OH is 1. The Morgan fingerprint density at radius 2 is 2.22 bits per heavy atom. The fourth-order valence-corrected chi connectivity index (χ4v) is 2.10. The van der Waals surface area contributed by atoms with Crippen molar-refractivity contribution in [1.82, 2.24) is 0 Å². The van der Waals surface area contributed by atoms with E-state index in [2.05, 4.69) is 0 Å². The number of hydrogen-bond acceptors (Lipinski definition) is 4. The van der Waals surface area contributed by atoms with Gasteiger partial charge in [0, 0.05) is 13.0 Å². The van der Waals surface area contributed by atoms with Crippen LogP contribution < -0.4 is 9.64 Å². The summed E-state index contributed by atoms with van der Waals surface area (Å²) in [5.41, 5.74) is 0.0406. The summed E-state index contributed by atoms with van der Waals surface area (Å²) in [6.45, 7) is 2.22. The van der Waals surface area contributed by atoms with Crippen LogP contribution >= 0.6 is 0 Å². The average Bonchev–Trinajstić information content (AvgIpc) is 2.65. The zero-order chi connectivity index (χ0) is 13.2. The summed E-state index contributed by atoms with van der Waals surface area (Å²) in [4.78, 5) is 13.4. The minimum atomic E-state index is -0.646. The summed E-state index contributed by atoms with van der Waals surface area (Å²) in [7, 11) is 1.56. The molecule has 1 heterocycles. The Morgan fingerprint density at radius 1 is 1.50 bits per heavy atom. The average molecular weight is 251 g/mol. The number of amides is 1. The third-order valence-corrected chi connectivity index (χ3v) is 3.06. The Kier molecular flexibility index (Phi) is 3.43. The summed E-state index contributed by atoms with van der Waals surface area (Å²) in [6.07, 6.45) is 0.0140. The summed E-state index contributed by atoms with van der Waals surface area (Å²) in [5.74, 6) is 0.627. The quantitative estimate of drug-likeness (QED) is 0.886. The van der Waals surface area contributed by atoms with E-state index in [4.69, 9.17) is 14.6 Å². The smallest absolute Gasteiger partial charge is 0.415 e. The molecule has 1 N–H and O–H groups in total. The lowest BCUT2D eigenvalue weighted by molar-refractivity contribution is 0.0502. The molecule has 1 atom stereocenters. The number of aliphatic hydroxyl groups is 1. The number of benzene rings is 1. The highest BCUT2D eigenvalue weighted by Gasteiger charge is 2.42. The van der Waals surface area contributed by atoms with Crippen LogP contribution in [-0.2, 0) is 4.74 Å². The van der Waals surface area contributed by atoms with Crippen LogP contribution in [0.25, 0.3) is 0 Å². The number of para-hydroxylation sites is 2. The molecule has 5 heteroatoms. The van der Waals surface area contributed by atoms with E-state index in [1.54, 1.807) is 13.2 Å². The van der Waals surface area contributed by atoms with Gasteiger partial charge < -0.3 is 14.6 Å². The number of anilines is 1. The van der Waals surface area contributed by atoms with Gasteiger partial charge in [-0.25, -0.2) is 4.79 Å². The van der Waals surface area contributed by atoms with E-state index in [-0.39, 0.29) is 6.61 Å². The third kappa shape index (κ3) is 2.26. The molecule has 0 aliphatic carbocycles. The molecule has 18 heavy (non-hydrogen) atoms. The normalized spacial score (nSPS) is 23.1. The first-order valence-electron chi connectivity index (χ1n) is 5.84. The first-order chi connectivity index (χ1) is 8.59. The first kappa shape index (κ1) is 12.7. The van der Waals surface area contributed by atoms with E-state index in [1.807, 2.05) is 25.1 Å². The maximum Gasteiger partial charge on any atom is 0.415 e. The Labute approximate surface area is 106 Å². The fourth-order valence-electron chi connectivity index (χ4n) is 2.10. The minimum Gasteiger partial charge on any atom is -0.495 e. The second-order valence-corrected chi connectivity index (χ2v) is 4.55. The number of hydrogen-bond donors (Lipinski definition) is 1. The van der Waals surface area contributed by atoms with Crippen LogP contribution in [0, 0.1) is 0 Å². The van der Waals surface area contributed by atoms with Crippen LogP contribution in [0.1, 0.15) is 13.3 Å². The molecule has 1 aromatic carbocycles. The van der Waals surface area contributed by atoms with Gasteiger partial charge in [0.15, 0.2) is 0 Å². The van der Waals surface area contributed by atoms with Crippen molar-refractivity contribution >= 4 is 11.8 Å². The Hall–Kier alpha value is -1.75. The molecule has 1 saturated heterocycles. The molecule has 1 fully saturated rings. The molecule has 1 unspecified atom stereocenters. The van der Waals surface area contributed by atoms with Crippen LogP contribution in [0.15, 0.2) is 24.3 Å². The Balaban J connectivity index is 2.27. The standard InChI is InChI=1S/C13H17NO4/c1-13(7-8-15)9-14(12(16)18-13)10-5-3-4-6-11(10)17-2/h3-6,15H,7-9H2,1-2H3. The SMILES string of the molecule is COc1ccccc1N1CC(C)(CCO)OC1=O. The minimum absolute atomic E-state index is 0.0104. The molecule has 0 saturated carbocycles. The summed E-state index contributed by atoms with van der Waals surface area (Å²) < 4.78 is 10.6. The van der Waals surface area contributed by atoms with Crippen molar-refractivity contribution < 1.29 is 19.4 Å². The van der Waals surface area contributed by atoms with Gasteiger partial charge in [-0.1, -0.05) is 12.1 Å². The lowest BCUT2D eigenvalue weighted by Crippen LogP contribution is -2.32. The van der Waals surface area contributed by atoms with Crippen molar-refractivity contribution in [3.8, 4) is 5.75 Å². The van der Waals surface area contributed by atoms with Crippen LogP contribution in [0.5, 0.6) is 5.75 Å². The van der Waals surface area contributed by atoms with Gasteiger partial charge in [0.25, 0.3) is 0 Å². The number of nitrogens with zero attached hydrogens (tertiary/aromatic N) is 1. The highest BCUT2D eigenvalue weighted by molar-refractivity contribution is 5.92. The van der Waals surface area contributed by atoms with Gasteiger partial charge in [-0.15, -0.1) is 0 Å². The number of rotatable bonds is 4. The van der Waals surface area contributed by atoms with Gasteiger partial charge in [0.05, 0.1) is 19.3 Å². The molecule has 1 aromatic rings. The predicted molar refractivity (Wildman–Crippen MR) is 66.9 cm³/mol. The second kappa shape index (κ2) is 4.86. The van der Waals surface area contributed by atoms with Gasteiger partial charge in [-0.05, 0) is 19.1 Å². The summed E-state index contributed by atoms with van der Waals surface area (Å²) in [5, 5.41) is 9.00. The van der Waals surface area contributed by atoms with Crippen LogP contribution in [0.3, 0.4) is 0 Å². The Morgan fingerprint density at radius 3 is 2.89 bits per heavy atom. The predicted octanol–water partition coefficient (Wildman–Crippen LogP) is 1.79. The zero-order valence-corrected chi connectivity index (χ0v) is 10.5. The molecule has 0 radical (unpaired) electrons. The number of ether oxygens (including phenoxy) is 2. The lowest BCUT2D eigenvalue weighted by atomic mass is 10.0. The summed E-state index contributed by atoms with van der Waals surface area (Å²) in [6, 6.07) is 7.29. The first-order valence-corrected chi connectivity index (χ1v) is 5.84. The zero-order valence-electron chi connectivity index (χ0n) is 10.5. The van der Waals surface area contributed by atoms with Gasteiger partial charge in [0.2, 0.25) is 0 Å². The molecule has 1 amide bonds. The molecule has 98 valence electrons. The number of carbonyl (C=O) groups excluding carboxylic acids is 1. The molecule has 0 spiro atoms. The van der Waals surface area contributed by atoms with E-state index < -0.39 is 11.7 Å². The van der Waals surface area contributed by atoms with E-state index in [9.17, 15) is 4.79 Å². The Bertz CT molecular complexity index is 448. The highest BCUT2D eigenvalue weighted by atomic mass is 16.6. The molecule has 2 rings (SSSR count). The lowest BCUT2D eigenvalue weighted by Gasteiger charge is -2.20. The molecule has 1 aliphatic heterocycles. The van der Waals surface area contributed by atoms with E-state index in [1.165, 1.54) is 4.90 Å². The number of carbonyl (C=O) groups is 1. The van der Waals surface area contributed by atoms with E-state index in [0.29, 0.717) is 24.4 Å². The van der Waals surface area contributed by atoms with E-state index >= 15 is 0 Å². The van der Waals surface area contributed by atoms with Gasteiger partial charge in [0.1, 0.15) is 11.4 Å². The van der Waals surface area contributed by atoms with Crippen molar-refractivity contribution in [2.24, 2.45) is 0 Å². The molecule has 0 aromatic heterocycles. The van der Waals surface area contributed by atoms with Crippen molar-refractivity contribution in [3.05, 3.63) is 24.3 Å². The van der Waals surface area contributed by atoms with Crippen LogP contribution in [-0.4, -0.2) is 37.1 Å². The van der Waals surface area contributed by atoms with Crippen molar-refractivity contribution in [1.29, 1.82) is 0 Å². The van der Waals surface area contributed by atoms with Crippen LogP contribution in [0.4, 0.5) is 10.5 Å². The monoisotopic (exact) mass is 251 g/mol. The van der Waals surface area contributed by atoms with E-state index in [0.717, 1.165) is 0 Å².